The van der Waals surface area contributed by atoms with Crippen molar-refractivity contribution in [1.82, 2.24) is 0 Å². The standard InChI is InChI=1S/C60H104O6/c1-4-7-10-13-15-17-19-20-21-22-23-24-25-26-27-28-29-30-31-32-33-34-35-36-37-38-39-40-41-43-44-47-50-53-59(62)65-56-57(55-64-58(61)52-49-46-12-9-6-3)66-60(63)54-51-48-45-42-18-16-14-11-8-5-2/h7,10-11,14-15,17,20-21,23-24,26-27,57H,4-6,8-9,12-13,16,18-19,22,25,28-56H2,1-3H3/b10-7-,14-11-,17-15-,21-20-,24-23-,27-26-. The van der Waals surface area contributed by atoms with Gasteiger partial charge in [0.2, 0.25) is 0 Å². The molecule has 0 aromatic heterocycles. The van der Waals surface area contributed by atoms with Crippen LogP contribution in [0.2, 0.25) is 0 Å². The zero-order valence-corrected chi connectivity index (χ0v) is 43.4. The van der Waals surface area contributed by atoms with E-state index in [1.807, 2.05) is 0 Å². The van der Waals surface area contributed by atoms with Crippen LogP contribution >= 0.6 is 0 Å². The van der Waals surface area contributed by atoms with Gasteiger partial charge in [0.25, 0.3) is 0 Å². The molecule has 0 heterocycles. The third-order valence-electron chi connectivity index (χ3n) is 11.9. The molecule has 0 saturated carbocycles. The average molecular weight is 921 g/mol. The summed E-state index contributed by atoms with van der Waals surface area (Å²) in [5.41, 5.74) is 0. The van der Waals surface area contributed by atoms with Crippen molar-refractivity contribution >= 4 is 17.9 Å². The molecule has 66 heavy (non-hydrogen) atoms. The molecule has 6 heteroatoms. The van der Waals surface area contributed by atoms with Gasteiger partial charge in [0.1, 0.15) is 13.2 Å². The van der Waals surface area contributed by atoms with Crippen LogP contribution in [0, 0.1) is 0 Å². The molecule has 0 aromatic carbocycles. The second kappa shape index (κ2) is 54.5. The van der Waals surface area contributed by atoms with E-state index in [2.05, 4.69) is 93.7 Å². The molecule has 0 bridgehead atoms. The quantitative estimate of drug-likeness (QED) is 0.0262. The van der Waals surface area contributed by atoms with Gasteiger partial charge in [-0.25, -0.2) is 0 Å². The number of carbonyl (C=O) groups excluding carboxylic acids is 3. The van der Waals surface area contributed by atoms with Crippen molar-refractivity contribution < 1.29 is 28.6 Å². The number of unbranched alkanes of at least 4 members (excludes halogenated alkanes) is 27. The highest BCUT2D eigenvalue weighted by molar-refractivity contribution is 5.71. The smallest absolute Gasteiger partial charge is 0.306 e. The SMILES string of the molecule is CC/C=C\C/C=C\C/C=C\C/C=C\C/C=C\CCCCCCCCCCCCCCCCCCCC(=O)OCC(COC(=O)CCCCCCC)OC(=O)CCCCCCC/C=C\CCC. The zero-order chi connectivity index (χ0) is 47.9. The molecule has 0 saturated heterocycles. The van der Waals surface area contributed by atoms with Gasteiger partial charge >= 0.3 is 17.9 Å². The zero-order valence-electron chi connectivity index (χ0n) is 43.4. The van der Waals surface area contributed by atoms with E-state index in [4.69, 9.17) is 14.2 Å². The first-order chi connectivity index (χ1) is 32.5. The van der Waals surface area contributed by atoms with Crippen LogP contribution in [0.25, 0.3) is 0 Å². The van der Waals surface area contributed by atoms with Gasteiger partial charge in [-0.05, 0) is 83.5 Å². The lowest BCUT2D eigenvalue weighted by Crippen LogP contribution is -2.30. The molecule has 0 rings (SSSR count). The Morgan fingerprint density at radius 2 is 0.621 bits per heavy atom. The molecular formula is C60H104O6. The summed E-state index contributed by atoms with van der Waals surface area (Å²) in [5.74, 6) is -0.897. The molecule has 0 aliphatic rings. The fourth-order valence-electron chi connectivity index (χ4n) is 7.77. The van der Waals surface area contributed by atoms with Crippen LogP contribution in [0.3, 0.4) is 0 Å². The largest absolute Gasteiger partial charge is 0.462 e. The van der Waals surface area contributed by atoms with E-state index in [1.165, 1.54) is 116 Å². The van der Waals surface area contributed by atoms with Crippen LogP contribution in [0.1, 0.15) is 271 Å². The maximum atomic E-state index is 12.7. The summed E-state index contributed by atoms with van der Waals surface area (Å²) in [4.78, 5) is 37.6. The highest BCUT2D eigenvalue weighted by Gasteiger charge is 2.19. The molecule has 380 valence electrons. The Labute approximate surface area is 408 Å². The lowest BCUT2D eigenvalue weighted by atomic mass is 10.0. The Hall–Kier alpha value is -3.15. The lowest BCUT2D eigenvalue weighted by Gasteiger charge is -2.18. The molecule has 0 aliphatic carbocycles. The first-order valence-corrected chi connectivity index (χ1v) is 27.9. The maximum Gasteiger partial charge on any atom is 0.306 e. The Morgan fingerprint density at radius 3 is 1.00 bits per heavy atom. The first-order valence-electron chi connectivity index (χ1n) is 27.9. The van der Waals surface area contributed by atoms with Crippen molar-refractivity contribution in [2.24, 2.45) is 0 Å². The molecule has 0 aliphatic heterocycles. The predicted molar refractivity (Wildman–Crippen MR) is 284 cm³/mol. The Morgan fingerprint density at radius 1 is 0.318 bits per heavy atom. The van der Waals surface area contributed by atoms with Crippen LogP contribution in [0.5, 0.6) is 0 Å². The third kappa shape index (κ3) is 51.8. The van der Waals surface area contributed by atoms with Crippen LogP contribution in [-0.4, -0.2) is 37.2 Å². The lowest BCUT2D eigenvalue weighted by molar-refractivity contribution is -0.167. The van der Waals surface area contributed by atoms with Crippen LogP contribution in [0.4, 0.5) is 0 Å². The summed E-state index contributed by atoms with van der Waals surface area (Å²) in [7, 11) is 0. The minimum absolute atomic E-state index is 0.0760. The molecule has 0 spiro atoms. The molecule has 6 nitrogen and oxygen atoms in total. The minimum Gasteiger partial charge on any atom is -0.462 e. The minimum atomic E-state index is -0.771. The van der Waals surface area contributed by atoms with Crippen molar-refractivity contribution in [1.29, 1.82) is 0 Å². The maximum absolute atomic E-state index is 12.7. The average Bonchev–Trinajstić information content (AvgIpc) is 3.31. The fourth-order valence-corrected chi connectivity index (χ4v) is 7.77. The van der Waals surface area contributed by atoms with Crippen LogP contribution in [-0.2, 0) is 28.6 Å². The van der Waals surface area contributed by atoms with E-state index in [9.17, 15) is 14.4 Å². The number of rotatable bonds is 50. The summed E-state index contributed by atoms with van der Waals surface area (Å²) >= 11 is 0. The van der Waals surface area contributed by atoms with E-state index < -0.39 is 6.10 Å². The van der Waals surface area contributed by atoms with Gasteiger partial charge in [-0.3, -0.25) is 14.4 Å². The predicted octanol–water partition coefficient (Wildman–Crippen LogP) is 18.6. The van der Waals surface area contributed by atoms with E-state index in [-0.39, 0.29) is 31.1 Å². The topological polar surface area (TPSA) is 78.9 Å². The van der Waals surface area contributed by atoms with Gasteiger partial charge < -0.3 is 14.2 Å². The van der Waals surface area contributed by atoms with Gasteiger partial charge in [-0.15, -0.1) is 0 Å². The van der Waals surface area contributed by atoms with Crippen LogP contribution < -0.4 is 0 Å². The Balaban J connectivity index is 3.88. The summed E-state index contributed by atoms with van der Waals surface area (Å²) in [6.07, 6.45) is 69.7. The highest BCUT2D eigenvalue weighted by atomic mass is 16.6. The van der Waals surface area contributed by atoms with E-state index in [0.717, 1.165) is 116 Å². The fraction of sp³-hybridized carbons (Fsp3) is 0.750. The summed E-state index contributed by atoms with van der Waals surface area (Å²) < 4.78 is 16.6. The van der Waals surface area contributed by atoms with Gasteiger partial charge in [0.05, 0.1) is 0 Å². The molecular weight excluding hydrogens is 817 g/mol. The van der Waals surface area contributed by atoms with Crippen molar-refractivity contribution in [3.05, 3.63) is 72.9 Å². The number of carbonyl (C=O) groups is 3. The highest BCUT2D eigenvalue weighted by Crippen LogP contribution is 2.16. The number of hydrogen-bond acceptors (Lipinski definition) is 6. The second-order valence-electron chi connectivity index (χ2n) is 18.5. The monoisotopic (exact) mass is 921 g/mol. The number of hydrogen-bond donors (Lipinski definition) is 0. The summed E-state index contributed by atoms with van der Waals surface area (Å²) in [5, 5.41) is 0. The molecule has 0 N–H and O–H groups in total. The van der Waals surface area contributed by atoms with Gasteiger partial charge in [0.15, 0.2) is 6.10 Å². The second-order valence-corrected chi connectivity index (χ2v) is 18.5. The van der Waals surface area contributed by atoms with Crippen LogP contribution in [0.15, 0.2) is 72.9 Å². The normalized spacial score (nSPS) is 12.6. The summed E-state index contributed by atoms with van der Waals surface area (Å²) in [6, 6.07) is 0. The van der Waals surface area contributed by atoms with Crippen molar-refractivity contribution in [2.75, 3.05) is 13.2 Å². The van der Waals surface area contributed by atoms with Crippen molar-refractivity contribution in [3.8, 4) is 0 Å². The summed E-state index contributed by atoms with van der Waals surface area (Å²) in [6.45, 7) is 6.38. The number of allylic oxidation sites excluding steroid dienone is 12. The van der Waals surface area contributed by atoms with Gasteiger partial charge in [-0.2, -0.15) is 0 Å². The van der Waals surface area contributed by atoms with E-state index in [0.29, 0.717) is 19.3 Å². The van der Waals surface area contributed by atoms with E-state index in [1.54, 1.807) is 0 Å². The molecule has 0 aromatic rings. The van der Waals surface area contributed by atoms with Crippen molar-refractivity contribution in [3.63, 3.8) is 0 Å². The first kappa shape index (κ1) is 62.8. The molecule has 0 radical (unpaired) electrons. The van der Waals surface area contributed by atoms with Crippen molar-refractivity contribution in [2.45, 2.75) is 277 Å². The van der Waals surface area contributed by atoms with Gasteiger partial charge in [-0.1, -0.05) is 241 Å². The number of ether oxygens (including phenoxy) is 3. The molecule has 1 unspecified atom stereocenters. The Kier molecular flexibility index (Phi) is 51.9. The third-order valence-corrected chi connectivity index (χ3v) is 11.9. The number of esters is 3. The molecule has 0 amide bonds. The molecule has 1 atom stereocenters. The Bertz CT molecular complexity index is 1240. The van der Waals surface area contributed by atoms with Gasteiger partial charge in [0, 0.05) is 19.3 Å². The van der Waals surface area contributed by atoms with E-state index >= 15 is 0 Å². The molecule has 0 fully saturated rings.